The number of hydrogen-bond donors (Lipinski definition) is 0. The molecule has 1 saturated heterocycles. The fraction of sp³-hybridized carbons (Fsp3) is 0.500. The smallest absolute Gasteiger partial charge is 0.222 e. The first kappa shape index (κ1) is 17.6. The van der Waals surface area contributed by atoms with Gasteiger partial charge in [-0.05, 0) is 61.9 Å². The average Bonchev–Trinajstić information content (AvgIpc) is 2.60. The molecule has 0 radical (unpaired) electrons. The molecule has 4 nitrogen and oxygen atoms in total. The maximum atomic E-state index is 13.5. The van der Waals surface area contributed by atoms with Gasteiger partial charge < -0.3 is 9.80 Å². The Morgan fingerprint density at radius 1 is 1.36 bits per heavy atom. The number of nitrogens with zero attached hydrogens (tertiary/aromatic N) is 3. The van der Waals surface area contributed by atoms with Crippen LogP contribution in [0.5, 0.6) is 0 Å². The summed E-state index contributed by atoms with van der Waals surface area (Å²) in [5, 5.41) is 0.869. The quantitative estimate of drug-likeness (QED) is 0.848. The number of aromatic nitrogens is 1. The van der Waals surface area contributed by atoms with Gasteiger partial charge in [0.15, 0.2) is 0 Å². The van der Waals surface area contributed by atoms with Gasteiger partial charge >= 0.3 is 0 Å². The van der Waals surface area contributed by atoms with Gasteiger partial charge in [0, 0.05) is 39.0 Å². The van der Waals surface area contributed by atoms with E-state index in [9.17, 15) is 9.18 Å². The van der Waals surface area contributed by atoms with Gasteiger partial charge in [0.25, 0.3) is 0 Å². The van der Waals surface area contributed by atoms with E-state index in [-0.39, 0.29) is 11.7 Å². The number of halogens is 1. The van der Waals surface area contributed by atoms with Gasteiger partial charge in [-0.3, -0.25) is 4.79 Å². The van der Waals surface area contributed by atoms with Gasteiger partial charge in [-0.1, -0.05) is 0 Å². The van der Waals surface area contributed by atoms with Crippen LogP contribution in [-0.2, 0) is 4.79 Å². The summed E-state index contributed by atoms with van der Waals surface area (Å²) in [6.07, 6.45) is 3.80. The molecule has 1 aliphatic heterocycles. The van der Waals surface area contributed by atoms with Gasteiger partial charge in [0.1, 0.15) is 11.6 Å². The van der Waals surface area contributed by atoms with E-state index in [0.717, 1.165) is 54.6 Å². The number of fused-ring (bicyclic) bond motifs is 1. The summed E-state index contributed by atoms with van der Waals surface area (Å²) in [6, 6.07) is 6.81. The van der Waals surface area contributed by atoms with Crippen molar-refractivity contribution in [2.24, 2.45) is 5.92 Å². The summed E-state index contributed by atoms with van der Waals surface area (Å²) >= 11 is 0. The number of carbonyl (C=O) groups excluding carboxylic acids is 1. The Kier molecular flexibility index (Phi) is 5.21. The summed E-state index contributed by atoms with van der Waals surface area (Å²) < 4.78 is 13.5. The fourth-order valence-electron chi connectivity index (χ4n) is 3.57. The number of pyridine rings is 1. The molecule has 2 heterocycles. The molecule has 1 fully saturated rings. The van der Waals surface area contributed by atoms with E-state index in [1.165, 1.54) is 6.07 Å². The van der Waals surface area contributed by atoms with Gasteiger partial charge in [-0.2, -0.15) is 0 Å². The normalized spacial score (nSPS) is 17.8. The van der Waals surface area contributed by atoms with E-state index in [0.29, 0.717) is 12.3 Å². The minimum absolute atomic E-state index is 0.193. The van der Waals surface area contributed by atoms with E-state index in [4.69, 9.17) is 4.98 Å². The van der Waals surface area contributed by atoms with Gasteiger partial charge in [0.2, 0.25) is 5.91 Å². The highest BCUT2D eigenvalue weighted by molar-refractivity contribution is 5.84. The van der Waals surface area contributed by atoms with Gasteiger partial charge in [-0.25, -0.2) is 9.37 Å². The highest BCUT2D eigenvalue weighted by Crippen LogP contribution is 2.28. The molecule has 0 spiro atoms. The first-order chi connectivity index (χ1) is 11.9. The molecule has 1 aliphatic rings. The second-order valence-electron chi connectivity index (χ2n) is 7.24. The van der Waals surface area contributed by atoms with E-state index in [2.05, 4.69) is 11.0 Å². The Morgan fingerprint density at radius 2 is 2.16 bits per heavy atom. The zero-order valence-electron chi connectivity index (χ0n) is 15.3. The van der Waals surface area contributed by atoms with Crippen LogP contribution in [0, 0.1) is 18.7 Å². The molecule has 3 rings (SSSR count). The Balaban J connectivity index is 1.74. The van der Waals surface area contributed by atoms with Gasteiger partial charge in [-0.15, -0.1) is 0 Å². The number of carbonyl (C=O) groups is 1. The van der Waals surface area contributed by atoms with Crippen molar-refractivity contribution in [3.8, 4) is 0 Å². The molecule has 1 amide bonds. The molecule has 5 heteroatoms. The SMILES string of the molecule is Cc1cc(N2CCC[C@@H](CCC(=O)N(C)C)C2)nc2ccc(F)cc12. The van der Waals surface area contributed by atoms with Crippen LogP contribution in [-0.4, -0.2) is 43.0 Å². The number of hydrogen-bond acceptors (Lipinski definition) is 3. The molecule has 25 heavy (non-hydrogen) atoms. The van der Waals surface area contributed by atoms with Crippen molar-refractivity contribution in [3.05, 3.63) is 35.6 Å². The van der Waals surface area contributed by atoms with Crippen molar-refractivity contribution in [2.75, 3.05) is 32.1 Å². The highest BCUT2D eigenvalue weighted by atomic mass is 19.1. The lowest BCUT2D eigenvalue weighted by atomic mass is 9.93. The Hall–Kier alpha value is -2.17. The fourth-order valence-corrected chi connectivity index (χ4v) is 3.57. The number of piperidine rings is 1. The second-order valence-corrected chi connectivity index (χ2v) is 7.24. The first-order valence-electron chi connectivity index (χ1n) is 8.96. The third-order valence-corrected chi connectivity index (χ3v) is 5.07. The Labute approximate surface area is 148 Å². The van der Waals surface area contributed by atoms with Crippen molar-refractivity contribution < 1.29 is 9.18 Å². The number of aryl methyl sites for hydroxylation is 1. The molecule has 1 aromatic carbocycles. The van der Waals surface area contributed by atoms with E-state index >= 15 is 0 Å². The third kappa shape index (κ3) is 4.09. The van der Waals surface area contributed by atoms with E-state index < -0.39 is 0 Å². The third-order valence-electron chi connectivity index (χ3n) is 5.07. The second kappa shape index (κ2) is 7.38. The largest absolute Gasteiger partial charge is 0.356 e. The standard InChI is InChI=1S/C20H26FN3O/c1-14-11-19(22-18-8-7-16(21)12-17(14)18)24-10-4-5-15(13-24)6-9-20(25)23(2)3/h7-8,11-12,15H,4-6,9-10,13H2,1-3H3/t15-/m0/s1. The van der Waals surface area contributed by atoms with Gasteiger partial charge in [0.05, 0.1) is 5.52 Å². The number of benzene rings is 1. The number of anilines is 1. The van der Waals surface area contributed by atoms with Crippen molar-refractivity contribution in [1.82, 2.24) is 9.88 Å². The molecule has 0 bridgehead atoms. The highest BCUT2D eigenvalue weighted by Gasteiger charge is 2.22. The van der Waals surface area contributed by atoms with Crippen molar-refractivity contribution in [1.29, 1.82) is 0 Å². The number of rotatable bonds is 4. The predicted octanol–water partition coefficient (Wildman–Crippen LogP) is 3.77. The average molecular weight is 343 g/mol. The molecule has 0 aliphatic carbocycles. The summed E-state index contributed by atoms with van der Waals surface area (Å²) in [5.74, 6) is 1.44. The van der Waals surface area contributed by atoms with Crippen LogP contribution >= 0.6 is 0 Å². The lowest BCUT2D eigenvalue weighted by Gasteiger charge is -2.34. The lowest BCUT2D eigenvalue weighted by molar-refractivity contribution is -0.129. The van der Waals surface area contributed by atoms with Crippen LogP contribution in [0.3, 0.4) is 0 Å². The molecule has 1 aromatic heterocycles. The van der Waals surface area contributed by atoms with Crippen LogP contribution in [0.1, 0.15) is 31.2 Å². The zero-order valence-corrected chi connectivity index (χ0v) is 15.3. The molecular weight excluding hydrogens is 317 g/mol. The summed E-state index contributed by atoms with van der Waals surface area (Å²) in [5.41, 5.74) is 1.88. The summed E-state index contributed by atoms with van der Waals surface area (Å²) in [7, 11) is 3.61. The monoisotopic (exact) mass is 343 g/mol. The Bertz CT molecular complexity index is 775. The molecule has 2 aromatic rings. The first-order valence-corrected chi connectivity index (χ1v) is 8.96. The van der Waals surface area contributed by atoms with Crippen molar-refractivity contribution in [3.63, 3.8) is 0 Å². The number of amides is 1. The molecule has 0 saturated carbocycles. The molecular formula is C20H26FN3O. The van der Waals surface area contributed by atoms with Crippen LogP contribution in [0.15, 0.2) is 24.3 Å². The minimum Gasteiger partial charge on any atom is -0.356 e. The summed E-state index contributed by atoms with van der Waals surface area (Å²) in [6.45, 7) is 3.92. The van der Waals surface area contributed by atoms with Crippen LogP contribution in [0.4, 0.5) is 10.2 Å². The molecule has 0 unspecified atom stereocenters. The van der Waals surface area contributed by atoms with E-state index in [1.54, 1.807) is 31.1 Å². The van der Waals surface area contributed by atoms with Crippen LogP contribution < -0.4 is 4.90 Å². The van der Waals surface area contributed by atoms with Crippen LogP contribution in [0.25, 0.3) is 10.9 Å². The van der Waals surface area contributed by atoms with Crippen molar-refractivity contribution in [2.45, 2.75) is 32.6 Å². The molecule has 0 N–H and O–H groups in total. The zero-order chi connectivity index (χ0) is 18.0. The summed E-state index contributed by atoms with van der Waals surface area (Å²) in [4.78, 5) is 20.5. The van der Waals surface area contributed by atoms with E-state index in [1.807, 2.05) is 6.92 Å². The lowest BCUT2D eigenvalue weighted by Crippen LogP contribution is -2.36. The van der Waals surface area contributed by atoms with Crippen molar-refractivity contribution >= 4 is 22.6 Å². The topological polar surface area (TPSA) is 36.4 Å². The minimum atomic E-state index is -0.228. The maximum Gasteiger partial charge on any atom is 0.222 e. The molecule has 1 atom stereocenters. The maximum absolute atomic E-state index is 13.5. The molecule has 134 valence electrons. The Morgan fingerprint density at radius 3 is 2.92 bits per heavy atom. The predicted molar refractivity (Wildman–Crippen MR) is 99.3 cm³/mol. The van der Waals surface area contributed by atoms with Crippen LogP contribution in [0.2, 0.25) is 0 Å².